The Bertz CT molecular complexity index is 1330. The highest BCUT2D eigenvalue weighted by Gasteiger charge is 2.21. The van der Waals surface area contributed by atoms with E-state index in [1.807, 2.05) is 18.2 Å². The monoisotopic (exact) mass is 466 g/mol. The van der Waals surface area contributed by atoms with Gasteiger partial charge in [-0.05, 0) is 36.4 Å². The maximum atomic E-state index is 12.8. The van der Waals surface area contributed by atoms with Crippen molar-refractivity contribution in [2.24, 2.45) is 0 Å². The number of carbonyl (C=O) groups excluding carboxylic acids is 2. The van der Waals surface area contributed by atoms with Crippen LogP contribution in [-0.2, 0) is 4.74 Å². The molecule has 0 saturated carbocycles. The Morgan fingerprint density at radius 2 is 1.78 bits per heavy atom. The van der Waals surface area contributed by atoms with E-state index < -0.39 is 17.5 Å². The van der Waals surface area contributed by atoms with Gasteiger partial charge in [0.1, 0.15) is 0 Å². The standard InChI is InChI=1S/C23H15ClN2O5S/c24-14-5-8-16(9-6-14)32-22-10-7-15(26(29)30)11-18(22)23(28)31-13-21(27)19-12-25-20-4-2-1-3-17(19)20/h1-12,25H,13H2. The van der Waals surface area contributed by atoms with Crippen LogP contribution < -0.4 is 0 Å². The van der Waals surface area contributed by atoms with Gasteiger partial charge in [-0.25, -0.2) is 4.79 Å². The minimum Gasteiger partial charge on any atom is -0.454 e. The van der Waals surface area contributed by atoms with Gasteiger partial charge in [-0.3, -0.25) is 14.9 Å². The molecule has 0 atom stereocenters. The van der Waals surface area contributed by atoms with Gasteiger partial charge in [-0.2, -0.15) is 0 Å². The number of hydrogen-bond acceptors (Lipinski definition) is 6. The molecule has 4 aromatic rings. The van der Waals surface area contributed by atoms with Crippen LogP contribution in [0, 0.1) is 10.1 Å². The number of benzene rings is 3. The van der Waals surface area contributed by atoms with Crippen LogP contribution in [0.1, 0.15) is 20.7 Å². The molecule has 1 heterocycles. The smallest absolute Gasteiger partial charge is 0.339 e. The molecule has 4 rings (SSSR count). The Kier molecular flexibility index (Phi) is 6.25. The second-order valence-corrected chi connectivity index (χ2v) is 8.29. The fourth-order valence-corrected chi connectivity index (χ4v) is 4.14. The van der Waals surface area contributed by atoms with E-state index in [2.05, 4.69) is 4.98 Å². The van der Waals surface area contributed by atoms with Crippen molar-refractivity contribution in [1.82, 2.24) is 4.98 Å². The lowest BCUT2D eigenvalue weighted by Crippen LogP contribution is -2.15. The average molecular weight is 467 g/mol. The van der Waals surface area contributed by atoms with E-state index in [-0.39, 0.29) is 17.0 Å². The van der Waals surface area contributed by atoms with E-state index in [9.17, 15) is 19.7 Å². The number of non-ortho nitro benzene ring substituents is 1. The zero-order valence-corrected chi connectivity index (χ0v) is 18.0. The average Bonchev–Trinajstić information content (AvgIpc) is 3.23. The highest BCUT2D eigenvalue weighted by molar-refractivity contribution is 7.99. The first-order valence-electron chi connectivity index (χ1n) is 9.40. The third kappa shape index (κ3) is 4.66. The Hall–Kier alpha value is -3.62. The molecular weight excluding hydrogens is 452 g/mol. The lowest BCUT2D eigenvalue weighted by molar-refractivity contribution is -0.384. The number of H-pyrrole nitrogens is 1. The number of aromatic nitrogens is 1. The van der Waals surface area contributed by atoms with Crippen LogP contribution in [0.5, 0.6) is 0 Å². The number of nitro groups is 1. The fraction of sp³-hybridized carbons (Fsp3) is 0.0435. The molecule has 0 aliphatic rings. The van der Waals surface area contributed by atoms with Gasteiger partial charge in [-0.1, -0.05) is 41.6 Å². The number of hydrogen-bond donors (Lipinski definition) is 1. The number of aromatic amines is 1. The van der Waals surface area contributed by atoms with Crippen LogP contribution >= 0.6 is 23.4 Å². The van der Waals surface area contributed by atoms with E-state index in [1.165, 1.54) is 23.9 Å². The number of esters is 1. The van der Waals surface area contributed by atoms with Crippen molar-refractivity contribution in [3.05, 3.63) is 99.2 Å². The molecule has 0 radical (unpaired) electrons. The summed E-state index contributed by atoms with van der Waals surface area (Å²) in [6, 6.07) is 18.2. The van der Waals surface area contributed by atoms with Crippen molar-refractivity contribution < 1.29 is 19.2 Å². The number of nitro benzene ring substituents is 1. The molecule has 7 nitrogen and oxygen atoms in total. The zero-order chi connectivity index (χ0) is 22.7. The van der Waals surface area contributed by atoms with E-state index in [0.717, 1.165) is 21.9 Å². The molecule has 0 unspecified atom stereocenters. The number of ether oxygens (including phenoxy) is 1. The third-order valence-electron chi connectivity index (χ3n) is 4.66. The molecule has 3 aromatic carbocycles. The number of fused-ring (bicyclic) bond motifs is 1. The number of rotatable bonds is 7. The third-order valence-corrected chi connectivity index (χ3v) is 6.00. The van der Waals surface area contributed by atoms with E-state index in [4.69, 9.17) is 16.3 Å². The highest BCUT2D eigenvalue weighted by atomic mass is 35.5. The van der Waals surface area contributed by atoms with Gasteiger partial charge in [0.15, 0.2) is 6.61 Å². The first kappa shape index (κ1) is 21.6. The predicted molar refractivity (Wildman–Crippen MR) is 122 cm³/mol. The molecule has 1 N–H and O–H groups in total. The van der Waals surface area contributed by atoms with Crippen molar-refractivity contribution in [2.45, 2.75) is 9.79 Å². The summed E-state index contributed by atoms with van der Waals surface area (Å²) in [7, 11) is 0. The number of halogens is 1. The van der Waals surface area contributed by atoms with Crippen molar-refractivity contribution in [3.8, 4) is 0 Å². The van der Waals surface area contributed by atoms with Crippen LogP contribution in [0.25, 0.3) is 10.9 Å². The first-order valence-corrected chi connectivity index (χ1v) is 10.6. The Morgan fingerprint density at radius 1 is 1.03 bits per heavy atom. The van der Waals surface area contributed by atoms with Crippen LogP contribution in [-0.4, -0.2) is 28.3 Å². The van der Waals surface area contributed by atoms with Gasteiger partial charge in [0, 0.05) is 49.6 Å². The molecule has 0 amide bonds. The van der Waals surface area contributed by atoms with Gasteiger partial charge < -0.3 is 9.72 Å². The molecule has 0 aliphatic carbocycles. The molecule has 0 bridgehead atoms. The molecule has 32 heavy (non-hydrogen) atoms. The summed E-state index contributed by atoms with van der Waals surface area (Å²) in [5.74, 6) is -1.20. The van der Waals surface area contributed by atoms with Crippen LogP contribution in [0.4, 0.5) is 5.69 Å². The normalized spacial score (nSPS) is 10.8. The zero-order valence-electron chi connectivity index (χ0n) is 16.4. The summed E-state index contributed by atoms with van der Waals surface area (Å²) in [4.78, 5) is 40.3. The number of nitrogens with zero attached hydrogens (tertiary/aromatic N) is 1. The Labute approximate surface area is 191 Å². The van der Waals surface area contributed by atoms with Crippen LogP contribution in [0.3, 0.4) is 0 Å². The van der Waals surface area contributed by atoms with Gasteiger partial charge in [-0.15, -0.1) is 0 Å². The molecule has 0 spiro atoms. The summed E-state index contributed by atoms with van der Waals surface area (Å²) in [6.45, 7) is -0.492. The van der Waals surface area contributed by atoms with Gasteiger partial charge in [0.2, 0.25) is 5.78 Å². The van der Waals surface area contributed by atoms with Crippen LogP contribution in [0.2, 0.25) is 5.02 Å². The molecule has 0 fully saturated rings. The van der Waals surface area contributed by atoms with Crippen molar-refractivity contribution in [1.29, 1.82) is 0 Å². The largest absolute Gasteiger partial charge is 0.454 e. The number of para-hydroxylation sites is 1. The SMILES string of the molecule is O=C(OCC(=O)c1c[nH]c2ccccc12)c1cc([N+](=O)[O-])ccc1Sc1ccc(Cl)cc1. The van der Waals surface area contributed by atoms with Crippen LogP contribution in [0.15, 0.2) is 82.7 Å². The fourth-order valence-electron chi connectivity index (χ4n) is 3.10. The number of carbonyl (C=O) groups is 2. The summed E-state index contributed by atoms with van der Waals surface area (Å²) < 4.78 is 5.24. The van der Waals surface area contributed by atoms with E-state index in [0.29, 0.717) is 15.5 Å². The summed E-state index contributed by atoms with van der Waals surface area (Å²) in [5, 5.41) is 12.5. The molecule has 9 heteroatoms. The van der Waals surface area contributed by atoms with Crippen molar-refractivity contribution in [3.63, 3.8) is 0 Å². The Morgan fingerprint density at radius 3 is 2.53 bits per heavy atom. The van der Waals surface area contributed by atoms with Crippen molar-refractivity contribution >= 4 is 51.7 Å². The second kappa shape index (κ2) is 9.25. The van der Waals surface area contributed by atoms with Gasteiger partial charge in [0.05, 0.1) is 10.5 Å². The van der Waals surface area contributed by atoms with Gasteiger partial charge >= 0.3 is 5.97 Å². The minimum atomic E-state index is -0.821. The van der Waals surface area contributed by atoms with E-state index in [1.54, 1.807) is 36.5 Å². The summed E-state index contributed by atoms with van der Waals surface area (Å²) in [6.07, 6.45) is 1.57. The Balaban J connectivity index is 1.55. The van der Waals surface area contributed by atoms with Crippen molar-refractivity contribution in [2.75, 3.05) is 6.61 Å². The summed E-state index contributed by atoms with van der Waals surface area (Å²) in [5.41, 5.74) is 0.956. The molecule has 160 valence electrons. The second-order valence-electron chi connectivity index (χ2n) is 6.74. The highest BCUT2D eigenvalue weighted by Crippen LogP contribution is 2.33. The lowest BCUT2D eigenvalue weighted by atomic mass is 10.1. The van der Waals surface area contributed by atoms with E-state index >= 15 is 0 Å². The number of nitrogens with one attached hydrogen (secondary N) is 1. The molecule has 0 saturated heterocycles. The number of ketones is 1. The summed E-state index contributed by atoms with van der Waals surface area (Å²) >= 11 is 7.14. The maximum Gasteiger partial charge on any atom is 0.339 e. The first-order chi connectivity index (χ1) is 15.4. The predicted octanol–water partition coefficient (Wildman–Crippen LogP) is 5.92. The van der Waals surface area contributed by atoms with Gasteiger partial charge in [0.25, 0.3) is 5.69 Å². The topological polar surface area (TPSA) is 102 Å². The molecule has 0 aliphatic heterocycles. The maximum absolute atomic E-state index is 12.8. The molecular formula is C23H15ClN2O5S. The lowest BCUT2D eigenvalue weighted by Gasteiger charge is -2.09. The quantitative estimate of drug-likeness (QED) is 0.157. The molecule has 1 aromatic heterocycles. The number of Topliss-reactive ketones (excluding diaryl/α,β-unsaturated/α-hetero) is 1. The minimum absolute atomic E-state index is 0.00544.